The number of benzene rings is 1. The molecule has 2 saturated heterocycles. The molecule has 5 N–H and O–H groups in total. The van der Waals surface area contributed by atoms with Crippen LogP contribution < -0.4 is 21.1 Å². The Morgan fingerprint density at radius 1 is 1.36 bits per heavy atom. The zero-order valence-electron chi connectivity index (χ0n) is 16.0. The highest BCUT2D eigenvalue weighted by Crippen LogP contribution is 2.21. The van der Waals surface area contributed by atoms with Crippen LogP contribution in [-0.4, -0.2) is 84.4 Å². The number of aliphatic hydroxyl groups is 1. The van der Waals surface area contributed by atoms with Crippen molar-refractivity contribution in [3.63, 3.8) is 0 Å². The van der Waals surface area contributed by atoms with Gasteiger partial charge in [-0.25, -0.2) is 4.79 Å². The minimum Gasteiger partial charge on any atom is -0.491 e. The molecule has 3 amide bonds. The molecule has 2 aliphatic heterocycles. The number of nitrogens with zero attached hydrogens (tertiary/aromatic N) is 3. The Labute approximate surface area is 163 Å². The second-order valence-electron chi connectivity index (χ2n) is 6.82. The fraction of sp³-hybridized carbons (Fsp3) is 0.500. The fourth-order valence-corrected chi connectivity index (χ4v) is 3.27. The van der Waals surface area contributed by atoms with Crippen molar-refractivity contribution in [1.29, 1.82) is 0 Å². The summed E-state index contributed by atoms with van der Waals surface area (Å²) in [4.78, 5) is 31.8. The molecule has 10 nitrogen and oxygen atoms in total. The van der Waals surface area contributed by atoms with Crippen molar-refractivity contribution in [2.75, 3.05) is 33.3 Å². The van der Waals surface area contributed by atoms with E-state index >= 15 is 0 Å². The zero-order valence-corrected chi connectivity index (χ0v) is 16.0. The number of nitrogens with two attached hydrogens (primary N) is 1. The molecule has 2 heterocycles. The summed E-state index contributed by atoms with van der Waals surface area (Å²) < 4.78 is 5.70. The number of aliphatic hydroxyl groups excluding tert-OH is 1. The third-order valence-electron chi connectivity index (χ3n) is 4.74. The van der Waals surface area contributed by atoms with Crippen molar-refractivity contribution >= 4 is 17.9 Å². The molecule has 3 rings (SSSR count). The first-order chi connectivity index (χ1) is 13.4. The topological polar surface area (TPSA) is 133 Å². The van der Waals surface area contributed by atoms with Crippen LogP contribution in [0, 0.1) is 6.92 Å². The maximum atomic E-state index is 12.4. The van der Waals surface area contributed by atoms with Crippen LogP contribution >= 0.6 is 0 Å². The molecule has 0 bridgehead atoms. The van der Waals surface area contributed by atoms with E-state index in [0.29, 0.717) is 24.8 Å². The molecular weight excluding hydrogens is 364 g/mol. The first-order valence-corrected chi connectivity index (χ1v) is 9.14. The summed E-state index contributed by atoms with van der Waals surface area (Å²) in [6.45, 7) is 2.79. The van der Waals surface area contributed by atoms with Gasteiger partial charge in [0, 0.05) is 13.6 Å². The van der Waals surface area contributed by atoms with E-state index in [1.165, 1.54) is 4.90 Å². The van der Waals surface area contributed by atoms with Crippen molar-refractivity contribution in [2.45, 2.75) is 25.2 Å². The molecule has 0 spiro atoms. The van der Waals surface area contributed by atoms with Crippen molar-refractivity contribution in [3.05, 3.63) is 29.8 Å². The number of amides is 3. The Morgan fingerprint density at radius 2 is 2.11 bits per heavy atom. The summed E-state index contributed by atoms with van der Waals surface area (Å²) in [7, 11) is 1.59. The summed E-state index contributed by atoms with van der Waals surface area (Å²) in [6.07, 6.45) is -1.44. The van der Waals surface area contributed by atoms with Crippen LogP contribution in [0.2, 0.25) is 0 Å². The van der Waals surface area contributed by atoms with Crippen molar-refractivity contribution in [3.8, 4) is 5.75 Å². The van der Waals surface area contributed by atoms with Crippen molar-refractivity contribution in [1.82, 2.24) is 20.4 Å². The van der Waals surface area contributed by atoms with E-state index in [9.17, 15) is 14.7 Å². The lowest BCUT2D eigenvalue weighted by Crippen LogP contribution is -2.65. The lowest BCUT2D eigenvalue weighted by Gasteiger charge is -2.35. The van der Waals surface area contributed by atoms with Gasteiger partial charge in [-0.1, -0.05) is 18.2 Å². The van der Waals surface area contributed by atoms with E-state index in [1.54, 1.807) is 11.9 Å². The van der Waals surface area contributed by atoms with Crippen LogP contribution in [0.15, 0.2) is 29.3 Å². The molecule has 3 atom stereocenters. The number of carbonyl (C=O) groups is 2. The summed E-state index contributed by atoms with van der Waals surface area (Å²) in [5, 5.41) is 15.9. The Morgan fingerprint density at radius 3 is 2.82 bits per heavy atom. The Kier molecular flexibility index (Phi) is 6.00. The van der Waals surface area contributed by atoms with Crippen LogP contribution in [0.3, 0.4) is 0 Å². The number of hydrogen-bond donors (Lipinski definition) is 4. The minimum atomic E-state index is -0.876. The molecule has 1 aromatic rings. The number of guanidine groups is 1. The number of β-amino-alcohol motifs (C(OH)–C–C–N with tert-alkyl or cyclic N) is 1. The van der Waals surface area contributed by atoms with Crippen molar-refractivity contribution in [2.24, 2.45) is 10.7 Å². The van der Waals surface area contributed by atoms with Gasteiger partial charge < -0.3 is 30.7 Å². The predicted octanol–water partition coefficient (Wildman–Crippen LogP) is -1.17. The molecule has 0 saturated carbocycles. The number of likely N-dealkylation sites (N-methyl/N-ethyl adjacent to an activating group) is 1. The number of aryl methyl sites for hydroxylation is 1. The van der Waals surface area contributed by atoms with Gasteiger partial charge in [0.2, 0.25) is 0 Å². The van der Waals surface area contributed by atoms with E-state index in [0.717, 1.165) is 5.56 Å². The second-order valence-corrected chi connectivity index (χ2v) is 6.82. The first kappa shape index (κ1) is 19.9. The molecule has 1 aromatic carbocycles. The van der Waals surface area contributed by atoms with Crippen LogP contribution in [0.25, 0.3) is 0 Å². The van der Waals surface area contributed by atoms with E-state index in [1.807, 2.05) is 31.2 Å². The van der Waals surface area contributed by atoms with Gasteiger partial charge in [0.25, 0.3) is 5.91 Å². The maximum Gasteiger partial charge on any atom is 0.325 e. The molecule has 0 radical (unpaired) electrons. The van der Waals surface area contributed by atoms with Gasteiger partial charge in [-0.2, -0.15) is 0 Å². The average Bonchev–Trinajstić information content (AvgIpc) is 3.02. The molecule has 0 aromatic heterocycles. The highest BCUT2D eigenvalue weighted by Gasteiger charge is 2.50. The van der Waals surface area contributed by atoms with Gasteiger partial charge in [-0.05, 0) is 18.6 Å². The van der Waals surface area contributed by atoms with Crippen LogP contribution in [0.1, 0.15) is 5.56 Å². The van der Waals surface area contributed by atoms with E-state index in [4.69, 9.17) is 10.5 Å². The number of hydrogen-bond acceptors (Lipinski definition) is 6. The quantitative estimate of drug-likeness (QED) is 0.461. The van der Waals surface area contributed by atoms with Gasteiger partial charge in [0.1, 0.15) is 24.6 Å². The third kappa shape index (κ3) is 4.02. The minimum absolute atomic E-state index is 0.0549. The molecular formula is C18H26N6O4. The summed E-state index contributed by atoms with van der Waals surface area (Å²) in [6, 6.07) is 6.34. The monoisotopic (exact) mass is 390 g/mol. The molecule has 2 fully saturated rings. The van der Waals surface area contributed by atoms with Crippen LogP contribution in [-0.2, 0) is 4.79 Å². The van der Waals surface area contributed by atoms with Gasteiger partial charge in [-0.3, -0.25) is 15.1 Å². The Balaban J connectivity index is 1.72. The maximum absolute atomic E-state index is 12.4. The number of imide groups is 1. The van der Waals surface area contributed by atoms with E-state index in [2.05, 4.69) is 15.6 Å². The molecule has 10 heteroatoms. The highest BCUT2D eigenvalue weighted by atomic mass is 16.5. The van der Waals surface area contributed by atoms with Gasteiger partial charge >= 0.3 is 6.03 Å². The zero-order chi connectivity index (χ0) is 20.3. The van der Waals surface area contributed by atoms with E-state index in [-0.39, 0.29) is 13.2 Å². The van der Waals surface area contributed by atoms with Crippen molar-refractivity contribution < 1.29 is 19.4 Å². The average molecular weight is 390 g/mol. The Bertz CT molecular complexity index is 770. The van der Waals surface area contributed by atoms with Crippen LogP contribution in [0.5, 0.6) is 5.75 Å². The summed E-state index contributed by atoms with van der Waals surface area (Å²) in [5.74, 6) is 0.675. The number of para-hydroxylation sites is 1. The molecule has 0 aliphatic carbocycles. The molecule has 152 valence electrons. The van der Waals surface area contributed by atoms with Gasteiger partial charge in [0.15, 0.2) is 12.0 Å². The standard InChI is InChI=1S/C18H26N6O4/c1-11-5-3-4-6-13(11)28-10-12(25)9-24-14-15(21-17(24)20-8-7-19)23(2)18(27)22-16(14)26/h3-6,12,14-15,25H,7-10,19H2,1-2H3,(H,20,21)(H,22,26,27). The number of fused-ring (bicyclic) bond motifs is 1. The molecule has 28 heavy (non-hydrogen) atoms. The number of aliphatic imine (C=N–C) groups is 1. The number of urea groups is 1. The first-order valence-electron chi connectivity index (χ1n) is 9.14. The second kappa shape index (κ2) is 8.44. The lowest BCUT2D eigenvalue weighted by atomic mass is 10.1. The normalized spacial score (nSPS) is 24.1. The number of nitrogens with one attached hydrogen (secondary N) is 2. The SMILES string of the molecule is Cc1ccccc1OCC(O)CN1C(=NCCN)NC2C1C(=O)NC(=O)N2C. The third-order valence-corrected chi connectivity index (χ3v) is 4.74. The van der Waals surface area contributed by atoms with Gasteiger partial charge in [0.05, 0.1) is 13.1 Å². The largest absolute Gasteiger partial charge is 0.491 e. The van der Waals surface area contributed by atoms with E-state index < -0.39 is 30.2 Å². The smallest absolute Gasteiger partial charge is 0.325 e. The summed E-state index contributed by atoms with van der Waals surface area (Å²) in [5.41, 5.74) is 6.50. The predicted molar refractivity (Wildman–Crippen MR) is 103 cm³/mol. The number of carbonyl (C=O) groups excluding carboxylic acids is 2. The lowest BCUT2D eigenvalue weighted by molar-refractivity contribution is -0.127. The molecule has 3 unspecified atom stereocenters. The summed E-state index contributed by atoms with van der Waals surface area (Å²) >= 11 is 0. The Hall–Kier alpha value is -2.85. The number of ether oxygens (including phenoxy) is 1. The number of rotatable bonds is 7. The molecule has 2 aliphatic rings. The highest BCUT2D eigenvalue weighted by molar-refractivity contribution is 6.04. The van der Waals surface area contributed by atoms with Gasteiger partial charge in [-0.15, -0.1) is 0 Å². The van der Waals surface area contributed by atoms with Crippen LogP contribution in [0.4, 0.5) is 4.79 Å². The fourth-order valence-electron chi connectivity index (χ4n) is 3.27.